The van der Waals surface area contributed by atoms with Gasteiger partial charge < -0.3 is 15.4 Å². The fourth-order valence-electron chi connectivity index (χ4n) is 2.58. The summed E-state index contributed by atoms with van der Waals surface area (Å²) in [5.74, 6) is -0.245. The molecule has 1 heterocycles. The van der Waals surface area contributed by atoms with Crippen LogP contribution in [0.3, 0.4) is 0 Å². The van der Waals surface area contributed by atoms with E-state index in [-0.39, 0.29) is 11.6 Å². The molecule has 2 aromatic carbocycles. The van der Waals surface area contributed by atoms with E-state index in [1.807, 2.05) is 25.1 Å². The van der Waals surface area contributed by atoms with E-state index in [1.54, 1.807) is 31.2 Å². The summed E-state index contributed by atoms with van der Waals surface area (Å²) in [5, 5.41) is 5.89. The van der Waals surface area contributed by atoms with Crippen molar-refractivity contribution >= 4 is 29.1 Å². The number of hydrogen-bond donors (Lipinski definition) is 2. The molecule has 0 spiro atoms. The van der Waals surface area contributed by atoms with E-state index in [1.165, 1.54) is 23.5 Å². The molecule has 3 aromatic rings. The molecule has 0 saturated carbocycles. The number of aromatic nitrogens is 2. The molecule has 3 rings (SSSR count). The maximum Gasteiger partial charge on any atom is 0.338 e. The molecule has 0 aliphatic heterocycles. The van der Waals surface area contributed by atoms with Gasteiger partial charge in [-0.1, -0.05) is 6.07 Å². The third-order valence-electron chi connectivity index (χ3n) is 4.32. The summed E-state index contributed by atoms with van der Waals surface area (Å²) in [6, 6.07) is 12.5. The minimum atomic E-state index is -0.400. The van der Waals surface area contributed by atoms with Gasteiger partial charge in [0.25, 0.3) is 5.91 Å². The molecular weight excluding hydrogens is 368 g/mol. The van der Waals surface area contributed by atoms with Crippen molar-refractivity contribution in [1.82, 2.24) is 9.97 Å². The Morgan fingerprint density at radius 2 is 1.66 bits per heavy atom. The standard InChI is InChI=1S/C22H22N4O3/c1-4-29-22(28)16-6-9-17(10-7-16)26-21(27)19-12-24-20(13-23-19)25-18-8-5-14(2)15(3)11-18/h5-13H,4H2,1-3H3,(H,24,25)(H,26,27). The Hall–Kier alpha value is -3.74. The number of carbonyl (C=O) groups excluding carboxylic acids is 2. The fraction of sp³-hybridized carbons (Fsp3) is 0.182. The number of ether oxygens (including phenoxy) is 1. The Labute approximate surface area is 169 Å². The largest absolute Gasteiger partial charge is 0.462 e. The first-order chi connectivity index (χ1) is 14.0. The average Bonchev–Trinajstić information content (AvgIpc) is 2.72. The van der Waals surface area contributed by atoms with Gasteiger partial charge in [0.2, 0.25) is 0 Å². The van der Waals surface area contributed by atoms with Gasteiger partial charge in [-0.05, 0) is 68.3 Å². The van der Waals surface area contributed by atoms with Gasteiger partial charge in [0.1, 0.15) is 11.5 Å². The Morgan fingerprint density at radius 3 is 2.28 bits per heavy atom. The molecule has 7 heteroatoms. The van der Waals surface area contributed by atoms with Gasteiger partial charge >= 0.3 is 5.97 Å². The van der Waals surface area contributed by atoms with Crippen LogP contribution in [0.5, 0.6) is 0 Å². The van der Waals surface area contributed by atoms with Crippen LogP contribution in [0.4, 0.5) is 17.2 Å². The number of aryl methyl sites for hydroxylation is 2. The van der Waals surface area contributed by atoms with E-state index in [0.29, 0.717) is 23.7 Å². The second kappa shape index (κ2) is 8.97. The molecule has 0 aliphatic carbocycles. The molecule has 29 heavy (non-hydrogen) atoms. The van der Waals surface area contributed by atoms with E-state index in [4.69, 9.17) is 4.74 Å². The van der Waals surface area contributed by atoms with Gasteiger partial charge in [0.05, 0.1) is 24.6 Å². The smallest absolute Gasteiger partial charge is 0.338 e. The van der Waals surface area contributed by atoms with E-state index in [0.717, 1.165) is 5.69 Å². The number of rotatable bonds is 6. The third kappa shape index (κ3) is 5.16. The molecule has 1 amide bonds. The number of esters is 1. The number of nitrogens with one attached hydrogen (secondary N) is 2. The first-order valence-electron chi connectivity index (χ1n) is 9.21. The van der Waals surface area contributed by atoms with Crippen LogP contribution in [-0.4, -0.2) is 28.5 Å². The van der Waals surface area contributed by atoms with Crippen molar-refractivity contribution in [2.45, 2.75) is 20.8 Å². The van der Waals surface area contributed by atoms with Crippen LogP contribution in [0.15, 0.2) is 54.9 Å². The van der Waals surface area contributed by atoms with E-state index >= 15 is 0 Å². The first-order valence-corrected chi connectivity index (χ1v) is 9.21. The lowest BCUT2D eigenvalue weighted by Gasteiger charge is -2.09. The van der Waals surface area contributed by atoms with Crippen molar-refractivity contribution in [3.63, 3.8) is 0 Å². The maximum atomic E-state index is 12.4. The van der Waals surface area contributed by atoms with Crippen LogP contribution in [-0.2, 0) is 4.74 Å². The summed E-state index contributed by atoms with van der Waals surface area (Å²) < 4.78 is 4.93. The van der Waals surface area contributed by atoms with Crippen LogP contribution in [0, 0.1) is 13.8 Å². The lowest BCUT2D eigenvalue weighted by Crippen LogP contribution is -2.14. The van der Waals surface area contributed by atoms with E-state index in [2.05, 4.69) is 27.5 Å². The van der Waals surface area contributed by atoms with Gasteiger partial charge in [-0.15, -0.1) is 0 Å². The highest BCUT2D eigenvalue weighted by Gasteiger charge is 2.10. The molecule has 0 aliphatic rings. The van der Waals surface area contributed by atoms with Gasteiger partial charge in [0, 0.05) is 11.4 Å². The summed E-state index contributed by atoms with van der Waals surface area (Å²) >= 11 is 0. The second-order valence-corrected chi connectivity index (χ2v) is 6.46. The number of carbonyl (C=O) groups is 2. The van der Waals surface area contributed by atoms with Crippen LogP contribution in [0.25, 0.3) is 0 Å². The fourth-order valence-corrected chi connectivity index (χ4v) is 2.58. The Balaban J connectivity index is 1.62. The minimum absolute atomic E-state index is 0.185. The number of hydrogen-bond acceptors (Lipinski definition) is 6. The second-order valence-electron chi connectivity index (χ2n) is 6.46. The third-order valence-corrected chi connectivity index (χ3v) is 4.32. The van der Waals surface area contributed by atoms with Crippen molar-refractivity contribution in [1.29, 1.82) is 0 Å². The van der Waals surface area contributed by atoms with E-state index in [9.17, 15) is 9.59 Å². The molecule has 2 N–H and O–H groups in total. The van der Waals surface area contributed by atoms with Gasteiger partial charge in [-0.2, -0.15) is 0 Å². The molecule has 1 aromatic heterocycles. The summed E-state index contributed by atoms with van der Waals surface area (Å²) in [6.45, 7) is 6.15. The average molecular weight is 390 g/mol. The minimum Gasteiger partial charge on any atom is -0.462 e. The highest BCUT2D eigenvalue weighted by Crippen LogP contribution is 2.18. The van der Waals surface area contributed by atoms with Crippen molar-refractivity contribution in [2.24, 2.45) is 0 Å². The Bertz CT molecular complexity index is 1020. The molecule has 0 radical (unpaired) electrons. The first kappa shape index (κ1) is 20.0. The summed E-state index contributed by atoms with van der Waals surface area (Å²) in [4.78, 5) is 32.4. The molecule has 0 saturated heterocycles. The Morgan fingerprint density at radius 1 is 0.931 bits per heavy atom. The highest BCUT2D eigenvalue weighted by atomic mass is 16.5. The molecule has 0 unspecified atom stereocenters. The summed E-state index contributed by atoms with van der Waals surface area (Å²) in [6.07, 6.45) is 2.92. The summed E-state index contributed by atoms with van der Waals surface area (Å²) in [5.41, 5.74) is 4.44. The van der Waals surface area contributed by atoms with Gasteiger partial charge in [-0.25, -0.2) is 14.8 Å². The lowest BCUT2D eigenvalue weighted by atomic mass is 10.1. The van der Waals surface area contributed by atoms with Crippen molar-refractivity contribution in [3.05, 3.63) is 77.2 Å². The van der Waals surface area contributed by atoms with Crippen molar-refractivity contribution < 1.29 is 14.3 Å². The zero-order valence-electron chi connectivity index (χ0n) is 16.5. The van der Waals surface area contributed by atoms with Gasteiger partial charge in [-0.3, -0.25) is 4.79 Å². The highest BCUT2D eigenvalue weighted by molar-refractivity contribution is 6.03. The molecule has 0 bridgehead atoms. The molecule has 0 fully saturated rings. The number of benzene rings is 2. The quantitative estimate of drug-likeness (QED) is 0.611. The molecule has 0 atom stereocenters. The maximum absolute atomic E-state index is 12.4. The topological polar surface area (TPSA) is 93.2 Å². The normalized spacial score (nSPS) is 10.3. The Kier molecular flexibility index (Phi) is 6.19. The zero-order valence-corrected chi connectivity index (χ0v) is 16.5. The van der Waals surface area contributed by atoms with Crippen LogP contribution >= 0.6 is 0 Å². The lowest BCUT2D eigenvalue weighted by molar-refractivity contribution is 0.0526. The predicted octanol–water partition coefficient (Wildman–Crippen LogP) is 4.27. The van der Waals surface area contributed by atoms with Crippen molar-refractivity contribution in [2.75, 3.05) is 17.2 Å². The summed E-state index contributed by atoms with van der Waals surface area (Å²) in [7, 11) is 0. The molecule has 7 nitrogen and oxygen atoms in total. The molecular formula is C22H22N4O3. The predicted molar refractivity (Wildman–Crippen MR) is 112 cm³/mol. The molecule has 148 valence electrons. The van der Waals surface area contributed by atoms with Crippen LogP contribution < -0.4 is 10.6 Å². The zero-order chi connectivity index (χ0) is 20.8. The van der Waals surface area contributed by atoms with Crippen LogP contribution in [0.1, 0.15) is 38.9 Å². The SMILES string of the molecule is CCOC(=O)c1ccc(NC(=O)c2cnc(Nc3ccc(C)c(C)c3)cn2)cc1. The monoisotopic (exact) mass is 390 g/mol. The van der Waals surface area contributed by atoms with Crippen LogP contribution in [0.2, 0.25) is 0 Å². The number of amides is 1. The number of nitrogens with zero attached hydrogens (tertiary/aromatic N) is 2. The van der Waals surface area contributed by atoms with E-state index < -0.39 is 5.97 Å². The van der Waals surface area contributed by atoms with Crippen molar-refractivity contribution in [3.8, 4) is 0 Å². The van der Waals surface area contributed by atoms with Gasteiger partial charge in [0.15, 0.2) is 0 Å². The number of anilines is 3.